The highest BCUT2D eigenvalue weighted by Crippen LogP contribution is 2.28. The molecule has 2 aromatic rings. The summed E-state index contributed by atoms with van der Waals surface area (Å²) in [6.45, 7) is 5.62. The molecule has 0 saturated carbocycles. The molecule has 0 fully saturated rings. The summed E-state index contributed by atoms with van der Waals surface area (Å²) >= 11 is 0. The summed E-state index contributed by atoms with van der Waals surface area (Å²) in [5, 5.41) is 0.677. The molecule has 0 aliphatic rings. The number of carbonyl (C=O) groups is 1. The fraction of sp³-hybridized carbons (Fsp3) is 0.357. The molecule has 0 amide bonds. The van der Waals surface area contributed by atoms with Gasteiger partial charge in [0, 0.05) is 16.9 Å². The Morgan fingerprint density at radius 1 is 1.47 bits per heavy atom. The van der Waals surface area contributed by atoms with Crippen LogP contribution in [0.4, 0.5) is 4.39 Å². The van der Waals surface area contributed by atoms with Crippen LogP contribution >= 0.6 is 0 Å². The van der Waals surface area contributed by atoms with E-state index >= 15 is 0 Å². The van der Waals surface area contributed by atoms with Gasteiger partial charge in [-0.2, -0.15) is 0 Å². The van der Waals surface area contributed by atoms with Gasteiger partial charge in [0.2, 0.25) is 5.78 Å². The fourth-order valence-electron chi connectivity index (χ4n) is 1.84. The average molecular weight is 234 g/mol. The van der Waals surface area contributed by atoms with Crippen molar-refractivity contribution in [1.82, 2.24) is 0 Å². The Hall–Kier alpha value is -1.64. The third-order valence-electron chi connectivity index (χ3n) is 3.18. The van der Waals surface area contributed by atoms with E-state index in [-0.39, 0.29) is 17.5 Å². The zero-order valence-corrected chi connectivity index (χ0v) is 10.2. The van der Waals surface area contributed by atoms with Crippen molar-refractivity contribution in [2.45, 2.75) is 27.2 Å². The maximum Gasteiger partial charge on any atom is 0.201 e. The third kappa shape index (κ3) is 1.97. The molecule has 0 N–H and O–H groups in total. The summed E-state index contributed by atoms with van der Waals surface area (Å²) in [6.07, 6.45) is 0.768. The Kier molecular flexibility index (Phi) is 3.01. The number of benzene rings is 1. The Balaban J connectivity index is 2.56. The first-order chi connectivity index (χ1) is 8.04. The lowest BCUT2D eigenvalue weighted by Gasteiger charge is -2.04. The zero-order valence-electron chi connectivity index (χ0n) is 10.2. The van der Waals surface area contributed by atoms with Gasteiger partial charge in [-0.25, -0.2) is 4.39 Å². The number of carbonyl (C=O) groups excluding carboxylic acids is 1. The van der Waals surface area contributed by atoms with Gasteiger partial charge in [-0.05, 0) is 31.5 Å². The van der Waals surface area contributed by atoms with Crippen LogP contribution < -0.4 is 0 Å². The second-order valence-electron chi connectivity index (χ2n) is 4.37. The van der Waals surface area contributed by atoms with Crippen LogP contribution in [0, 0.1) is 18.7 Å². The second-order valence-corrected chi connectivity index (χ2v) is 4.37. The molecule has 0 aliphatic carbocycles. The van der Waals surface area contributed by atoms with Crippen LogP contribution in [0.25, 0.3) is 11.0 Å². The Morgan fingerprint density at radius 2 is 2.18 bits per heavy atom. The molecule has 0 radical (unpaired) electrons. The van der Waals surface area contributed by atoms with Crippen LogP contribution in [0.15, 0.2) is 22.6 Å². The van der Waals surface area contributed by atoms with Crippen molar-refractivity contribution < 1.29 is 13.6 Å². The number of hydrogen-bond acceptors (Lipinski definition) is 2. The van der Waals surface area contributed by atoms with Crippen molar-refractivity contribution >= 4 is 16.8 Å². The van der Waals surface area contributed by atoms with Gasteiger partial charge < -0.3 is 4.42 Å². The lowest BCUT2D eigenvalue weighted by atomic mass is 9.99. The van der Waals surface area contributed by atoms with Crippen molar-refractivity contribution in [2.75, 3.05) is 0 Å². The van der Waals surface area contributed by atoms with Crippen molar-refractivity contribution in [1.29, 1.82) is 0 Å². The van der Waals surface area contributed by atoms with E-state index in [2.05, 4.69) is 0 Å². The Morgan fingerprint density at radius 3 is 2.82 bits per heavy atom. The van der Waals surface area contributed by atoms with Crippen LogP contribution in [0.2, 0.25) is 0 Å². The second kappa shape index (κ2) is 4.32. The minimum atomic E-state index is -0.316. The van der Waals surface area contributed by atoms with Crippen LogP contribution in [-0.4, -0.2) is 5.78 Å². The van der Waals surface area contributed by atoms with Crippen LogP contribution in [-0.2, 0) is 0 Å². The molecule has 2 nitrogen and oxygen atoms in total. The molecule has 90 valence electrons. The van der Waals surface area contributed by atoms with Gasteiger partial charge in [0.05, 0.1) is 0 Å². The van der Waals surface area contributed by atoms with E-state index < -0.39 is 0 Å². The minimum absolute atomic E-state index is 0.0124. The van der Waals surface area contributed by atoms with E-state index in [1.807, 2.05) is 13.8 Å². The minimum Gasteiger partial charge on any atom is -0.453 e. The van der Waals surface area contributed by atoms with E-state index in [0.717, 1.165) is 12.0 Å². The summed E-state index contributed by atoms with van der Waals surface area (Å²) < 4.78 is 18.6. The van der Waals surface area contributed by atoms with Gasteiger partial charge >= 0.3 is 0 Å². The average Bonchev–Trinajstić information content (AvgIpc) is 2.65. The molecular formula is C14H15FO2. The van der Waals surface area contributed by atoms with E-state index in [0.29, 0.717) is 16.7 Å². The summed E-state index contributed by atoms with van der Waals surface area (Å²) in [6, 6.07) is 4.30. The predicted molar refractivity (Wildman–Crippen MR) is 64.7 cm³/mol. The smallest absolute Gasteiger partial charge is 0.201 e. The first-order valence-electron chi connectivity index (χ1n) is 5.77. The van der Waals surface area contributed by atoms with E-state index in [1.165, 1.54) is 12.1 Å². The Labute approximate surface area is 99.4 Å². The zero-order chi connectivity index (χ0) is 12.6. The summed E-state index contributed by atoms with van der Waals surface area (Å²) in [7, 11) is 0. The number of halogens is 1. The number of aryl methyl sites for hydroxylation is 1. The number of rotatable bonds is 3. The number of ketones is 1. The lowest BCUT2D eigenvalue weighted by molar-refractivity contribution is 0.0900. The summed E-state index contributed by atoms with van der Waals surface area (Å²) in [5.41, 5.74) is 1.29. The molecule has 0 saturated heterocycles. The van der Waals surface area contributed by atoms with Crippen LogP contribution in [0.1, 0.15) is 36.4 Å². The van der Waals surface area contributed by atoms with E-state index in [1.54, 1.807) is 13.0 Å². The number of Topliss-reactive ketones (excluding diaryl/α,β-unsaturated/α-hetero) is 1. The predicted octanol–water partition coefficient (Wildman–Crippen LogP) is 4.11. The molecule has 1 atom stereocenters. The van der Waals surface area contributed by atoms with Gasteiger partial charge in [-0.15, -0.1) is 0 Å². The van der Waals surface area contributed by atoms with Crippen LogP contribution in [0.3, 0.4) is 0 Å². The molecule has 1 aromatic heterocycles. The summed E-state index contributed by atoms with van der Waals surface area (Å²) in [4.78, 5) is 12.1. The molecule has 3 heteroatoms. The fourth-order valence-corrected chi connectivity index (χ4v) is 1.84. The summed E-state index contributed by atoms with van der Waals surface area (Å²) in [5.74, 6) is -0.0374. The number of hydrogen-bond donors (Lipinski definition) is 0. The lowest BCUT2D eigenvalue weighted by Crippen LogP contribution is -2.10. The van der Waals surface area contributed by atoms with Crippen molar-refractivity contribution in [3.63, 3.8) is 0 Å². The standard InChI is InChI=1S/C14H15FO2/c1-4-8(2)13(16)14-9(3)11-7-10(15)5-6-12(11)17-14/h5-8H,4H2,1-3H3. The van der Waals surface area contributed by atoms with Crippen molar-refractivity contribution in [3.05, 3.63) is 35.3 Å². The van der Waals surface area contributed by atoms with Gasteiger partial charge in [0.25, 0.3) is 0 Å². The highest BCUT2D eigenvalue weighted by atomic mass is 19.1. The first-order valence-corrected chi connectivity index (χ1v) is 5.77. The highest BCUT2D eigenvalue weighted by molar-refractivity contribution is 6.01. The quantitative estimate of drug-likeness (QED) is 0.748. The van der Waals surface area contributed by atoms with Crippen LogP contribution in [0.5, 0.6) is 0 Å². The monoisotopic (exact) mass is 234 g/mol. The molecule has 2 rings (SSSR count). The Bertz CT molecular complexity index is 569. The molecule has 1 unspecified atom stereocenters. The SMILES string of the molecule is CCC(C)C(=O)c1oc2ccc(F)cc2c1C. The molecule has 17 heavy (non-hydrogen) atoms. The molecule has 0 aliphatic heterocycles. The molecule has 1 heterocycles. The third-order valence-corrected chi connectivity index (χ3v) is 3.18. The van der Waals surface area contributed by atoms with Gasteiger partial charge in [0.15, 0.2) is 5.76 Å². The molecule has 0 spiro atoms. The first kappa shape index (κ1) is 11.8. The molecule has 0 bridgehead atoms. The van der Waals surface area contributed by atoms with E-state index in [9.17, 15) is 9.18 Å². The number of fused-ring (bicyclic) bond motifs is 1. The van der Waals surface area contributed by atoms with Crippen molar-refractivity contribution in [3.8, 4) is 0 Å². The molecular weight excluding hydrogens is 219 g/mol. The topological polar surface area (TPSA) is 30.2 Å². The van der Waals surface area contributed by atoms with Gasteiger partial charge in [-0.3, -0.25) is 4.79 Å². The largest absolute Gasteiger partial charge is 0.453 e. The van der Waals surface area contributed by atoms with Crippen molar-refractivity contribution in [2.24, 2.45) is 5.92 Å². The highest BCUT2D eigenvalue weighted by Gasteiger charge is 2.21. The maximum atomic E-state index is 13.1. The van der Waals surface area contributed by atoms with Gasteiger partial charge in [-0.1, -0.05) is 13.8 Å². The van der Waals surface area contributed by atoms with Gasteiger partial charge in [0.1, 0.15) is 11.4 Å². The molecule has 1 aromatic carbocycles. The maximum absolute atomic E-state index is 13.1. The van der Waals surface area contributed by atoms with E-state index in [4.69, 9.17) is 4.42 Å². The normalized spacial score (nSPS) is 12.9. The number of furan rings is 1.